The van der Waals surface area contributed by atoms with Crippen molar-refractivity contribution in [1.82, 2.24) is 15.1 Å². The molecular weight excluding hydrogens is 1020 g/mol. The van der Waals surface area contributed by atoms with Crippen molar-refractivity contribution in [2.45, 2.75) is 214 Å². The molecule has 0 bridgehead atoms. The first kappa shape index (κ1) is 61.6. The normalized spacial score (nSPS) is 37.6. The Morgan fingerprint density at radius 3 is 2.22 bits per heavy atom. The van der Waals surface area contributed by atoms with E-state index in [2.05, 4.69) is 64.8 Å². The van der Waals surface area contributed by atoms with E-state index in [1.54, 1.807) is 57.7 Å². The summed E-state index contributed by atoms with van der Waals surface area (Å²) in [6, 6.07) is 18.2. The molecule has 6 N–H and O–H groups in total. The van der Waals surface area contributed by atoms with Crippen LogP contribution in [-0.4, -0.2) is 178 Å². The molecule has 0 saturated carbocycles. The predicted octanol–water partition coefficient (Wildman–Crippen LogP) is 7.27. The van der Waals surface area contributed by atoms with Crippen LogP contribution in [0.1, 0.15) is 113 Å². The maximum atomic E-state index is 14.7. The second-order valence-electron chi connectivity index (χ2n) is 23.5. The first-order chi connectivity index (χ1) is 36.3. The van der Waals surface area contributed by atoms with E-state index in [9.17, 15) is 35.1 Å². The Balaban J connectivity index is 1.12. The van der Waals surface area contributed by atoms with Gasteiger partial charge >= 0.3 is 5.97 Å². The van der Waals surface area contributed by atoms with Gasteiger partial charge in [-0.3, -0.25) is 14.5 Å². The van der Waals surface area contributed by atoms with Gasteiger partial charge in [-0.2, -0.15) is 0 Å². The number of nitrogens with zero attached hydrogens (tertiary/aromatic N) is 2. The van der Waals surface area contributed by atoms with Gasteiger partial charge in [0.05, 0.1) is 41.5 Å². The number of hydrogen-bond acceptors (Lipinski definition) is 17. The molecule has 430 valence electrons. The highest BCUT2D eigenvalue weighted by Crippen LogP contribution is 2.51. The molecule has 5 heterocycles. The van der Waals surface area contributed by atoms with Crippen LogP contribution in [0.5, 0.6) is 0 Å². The highest BCUT2D eigenvalue weighted by atomic mass is 32.2. The topological polar surface area (TPSA) is 209 Å². The Morgan fingerprint density at radius 1 is 0.896 bits per heavy atom. The molecular formula is C59H89N3O13S2. The van der Waals surface area contributed by atoms with Gasteiger partial charge in [0.1, 0.15) is 30.0 Å². The molecule has 1 amide bonds. The molecule has 3 fully saturated rings. The van der Waals surface area contributed by atoms with Crippen molar-refractivity contribution in [2.75, 3.05) is 40.8 Å². The van der Waals surface area contributed by atoms with E-state index in [-0.39, 0.29) is 43.2 Å². The molecule has 4 aliphatic heterocycles. The molecule has 0 spiro atoms. The second-order valence-corrected chi connectivity index (χ2v) is 25.7. The molecule has 77 heavy (non-hydrogen) atoms. The van der Waals surface area contributed by atoms with Crippen LogP contribution >= 0.6 is 23.1 Å². The summed E-state index contributed by atoms with van der Waals surface area (Å²) < 4.78 is 38.3. The minimum absolute atomic E-state index is 0.0695. The van der Waals surface area contributed by atoms with Gasteiger partial charge in [-0.25, -0.2) is 0 Å². The first-order valence-electron chi connectivity index (χ1n) is 27.8. The lowest BCUT2D eigenvalue weighted by Gasteiger charge is -2.48. The molecule has 18 heteroatoms. The molecule has 1 aromatic heterocycles. The zero-order valence-corrected chi connectivity index (χ0v) is 49.3. The molecule has 3 aromatic rings. The number of amides is 1. The maximum Gasteiger partial charge on any atom is 0.311 e. The average Bonchev–Trinajstić information content (AvgIpc) is 3.77. The van der Waals surface area contributed by atoms with Crippen LogP contribution < -0.4 is 5.32 Å². The monoisotopic (exact) mass is 1110 g/mol. The maximum absolute atomic E-state index is 14.7. The quantitative estimate of drug-likeness (QED) is 0.0542. The molecule has 4 aliphatic rings. The minimum atomic E-state index is -1.92. The fourth-order valence-electron chi connectivity index (χ4n) is 12.3. The van der Waals surface area contributed by atoms with Crippen molar-refractivity contribution in [2.24, 2.45) is 17.8 Å². The number of likely N-dealkylation sites (N-methyl/N-ethyl adjacent to an activating group) is 1. The number of esters is 1. The zero-order chi connectivity index (χ0) is 56.3. The van der Waals surface area contributed by atoms with Crippen LogP contribution in [0.2, 0.25) is 0 Å². The predicted molar refractivity (Wildman–Crippen MR) is 298 cm³/mol. The number of benzene rings is 2. The van der Waals surface area contributed by atoms with E-state index in [0.717, 1.165) is 4.88 Å². The molecule has 18 atom stereocenters. The number of aliphatic hydroxyl groups excluding tert-OH is 3. The molecule has 0 aliphatic carbocycles. The van der Waals surface area contributed by atoms with Crippen molar-refractivity contribution in [3.63, 3.8) is 0 Å². The number of thiophene rings is 1. The molecule has 7 rings (SSSR count). The number of aliphatic hydroxyl groups is 5. The summed E-state index contributed by atoms with van der Waals surface area (Å²) in [5.41, 5.74) is -1.06. The molecule has 2 aromatic carbocycles. The zero-order valence-electron chi connectivity index (χ0n) is 47.6. The van der Waals surface area contributed by atoms with Crippen LogP contribution in [0.3, 0.4) is 0 Å². The number of carbonyl (C=O) groups excluding carboxylic acids is 2. The SMILES string of the molecule is CC[C@H]1OC(=O)[C@H](C)[C@@H](O[C@H]2C[C@@](C)(OC)[C@@H](O)[C@H](C)O2)[C@H](C)[C@@H](O[C@@H]2O[C@H](C)C[C@H](N(C)C)[C@H]2O)[C@](C)(O)C[C@@H](C)CN(CCCNC(=O)CCc2cc3c(s2)-c2ccccc2Sc2ccccc2-3)[C@H](C)[C@@H](O)[C@]1(C)O. The molecule has 16 nitrogen and oxygen atoms in total. The Kier molecular flexibility index (Phi) is 20.6. The van der Waals surface area contributed by atoms with Gasteiger partial charge in [-0.15, -0.1) is 11.3 Å². The highest BCUT2D eigenvalue weighted by Gasteiger charge is 2.53. The van der Waals surface area contributed by atoms with Crippen LogP contribution in [0, 0.1) is 17.8 Å². The molecule has 0 unspecified atom stereocenters. The highest BCUT2D eigenvalue weighted by molar-refractivity contribution is 7.99. The Hall–Kier alpha value is -3.05. The minimum Gasteiger partial charge on any atom is -0.459 e. The number of carbonyl (C=O) groups is 2. The van der Waals surface area contributed by atoms with Crippen LogP contribution in [-0.2, 0) is 44.4 Å². The van der Waals surface area contributed by atoms with Gasteiger partial charge in [-0.1, -0.05) is 68.9 Å². The lowest BCUT2D eigenvalue weighted by atomic mass is 9.77. The first-order valence-corrected chi connectivity index (χ1v) is 29.5. The lowest BCUT2D eigenvalue weighted by Crippen LogP contribution is -2.60. The fraction of sp³-hybridized carbons (Fsp3) is 0.695. The van der Waals surface area contributed by atoms with E-state index in [1.807, 2.05) is 46.7 Å². The van der Waals surface area contributed by atoms with E-state index >= 15 is 0 Å². The number of aryl methyl sites for hydroxylation is 1. The largest absolute Gasteiger partial charge is 0.459 e. The van der Waals surface area contributed by atoms with Crippen molar-refractivity contribution >= 4 is 35.0 Å². The summed E-state index contributed by atoms with van der Waals surface area (Å²) in [4.78, 5) is 36.9. The summed E-state index contributed by atoms with van der Waals surface area (Å²) in [6.07, 6.45) is -7.62. The standard InChI is InChI=1S/C59H89N3O13S2/c1-14-46-59(10,69)52(65)37(6)62(27-19-26-60-47(63)25-24-39-29-42-40-20-15-17-22-44(40)77-45-23-18-16-21-41(45)51(42)76-39)32-33(2)30-57(8,68)54(75-56-49(64)43(61(11)12)28-34(3)71-56)35(4)50(36(5)55(67)73-46)74-48-31-58(9,70-13)53(66)38(7)72-48/h15-18,20-23,29,33-38,43,46,48-50,52-54,56,64-66,68-69H,14,19,24-28,30-32H2,1-13H3,(H,60,63)/t33-,34-,35+,36-,37-,38+,43+,46-,48+,49-,50+,52-,53+,54-,56+,57-,58-,59-/m1/s1. The van der Waals surface area contributed by atoms with Crippen LogP contribution in [0.4, 0.5) is 0 Å². The third kappa shape index (κ3) is 14.0. The van der Waals surface area contributed by atoms with Gasteiger partial charge in [-0.05, 0) is 124 Å². The number of nitrogens with one attached hydrogen (secondary N) is 1. The Bertz CT molecular complexity index is 2380. The molecule has 3 saturated heterocycles. The number of fused-ring (bicyclic) bond motifs is 5. The third-order valence-corrected chi connectivity index (χ3v) is 19.3. The lowest BCUT2D eigenvalue weighted by molar-refractivity contribution is -0.318. The van der Waals surface area contributed by atoms with Gasteiger partial charge in [0.25, 0.3) is 0 Å². The van der Waals surface area contributed by atoms with Gasteiger partial charge in [0.2, 0.25) is 5.91 Å². The van der Waals surface area contributed by atoms with Crippen molar-refractivity contribution in [3.05, 3.63) is 59.5 Å². The summed E-state index contributed by atoms with van der Waals surface area (Å²) in [6.45, 7) is 18.8. The summed E-state index contributed by atoms with van der Waals surface area (Å²) >= 11 is 3.52. The number of hydrogen-bond donors (Lipinski definition) is 6. The third-order valence-electron chi connectivity index (χ3n) is 16.9. The van der Waals surface area contributed by atoms with Gasteiger partial charge in [0, 0.05) is 88.3 Å². The van der Waals surface area contributed by atoms with Gasteiger partial charge < -0.3 is 64.2 Å². The van der Waals surface area contributed by atoms with Crippen molar-refractivity contribution in [1.29, 1.82) is 0 Å². The van der Waals surface area contributed by atoms with E-state index < -0.39 is 96.0 Å². The van der Waals surface area contributed by atoms with E-state index in [4.69, 9.17) is 28.4 Å². The molecule has 0 radical (unpaired) electrons. The second kappa shape index (κ2) is 25.8. The van der Waals surface area contributed by atoms with Crippen LogP contribution in [0.25, 0.3) is 21.6 Å². The number of rotatable bonds is 14. The van der Waals surface area contributed by atoms with E-state index in [0.29, 0.717) is 45.3 Å². The smallest absolute Gasteiger partial charge is 0.311 e. The van der Waals surface area contributed by atoms with Crippen LogP contribution in [0.15, 0.2) is 64.4 Å². The Morgan fingerprint density at radius 2 is 1.56 bits per heavy atom. The van der Waals surface area contributed by atoms with Crippen molar-refractivity contribution in [3.8, 4) is 21.6 Å². The average molecular weight is 1110 g/mol. The van der Waals surface area contributed by atoms with E-state index in [1.165, 1.54) is 45.4 Å². The van der Waals surface area contributed by atoms with Crippen molar-refractivity contribution < 1.29 is 63.5 Å². The summed E-state index contributed by atoms with van der Waals surface area (Å²) in [7, 11) is 5.28. The number of cyclic esters (lactones) is 1. The van der Waals surface area contributed by atoms with Gasteiger partial charge in [0.15, 0.2) is 12.6 Å². The summed E-state index contributed by atoms with van der Waals surface area (Å²) in [5.74, 6) is -2.95. The Labute approximate surface area is 465 Å². The summed E-state index contributed by atoms with van der Waals surface area (Å²) in [5, 5.41) is 63.6. The number of methoxy groups -OCH3 is 1. The number of ether oxygens (including phenoxy) is 6. The fourth-order valence-corrected chi connectivity index (χ4v) is 14.7.